The van der Waals surface area contributed by atoms with Crippen LogP contribution in [0.4, 0.5) is 11.4 Å². The van der Waals surface area contributed by atoms with Crippen molar-refractivity contribution in [2.24, 2.45) is 5.73 Å². The van der Waals surface area contributed by atoms with Crippen LogP contribution in [0, 0.1) is 10.1 Å². The predicted molar refractivity (Wildman–Crippen MR) is 82.7 cm³/mol. The lowest BCUT2D eigenvalue weighted by molar-refractivity contribution is -0.384. The van der Waals surface area contributed by atoms with Crippen LogP contribution in [-0.4, -0.2) is 23.6 Å². The van der Waals surface area contributed by atoms with Crippen LogP contribution < -0.4 is 15.8 Å². The van der Waals surface area contributed by atoms with Gasteiger partial charge in [-0.15, -0.1) is 0 Å². The number of nitrogens with two attached hydrogens (primary N) is 1. The van der Waals surface area contributed by atoms with Gasteiger partial charge in [-0.3, -0.25) is 10.1 Å². The summed E-state index contributed by atoms with van der Waals surface area (Å²) in [5.74, 6) is 0.526. The van der Waals surface area contributed by atoms with E-state index in [0.717, 1.165) is 32.1 Å². The van der Waals surface area contributed by atoms with E-state index in [1.54, 1.807) is 6.07 Å². The third-order valence-corrected chi connectivity index (χ3v) is 3.75. The van der Waals surface area contributed by atoms with Crippen LogP contribution in [0.1, 0.15) is 39.0 Å². The Bertz CT molecular complexity index is 493. The minimum absolute atomic E-state index is 0.0375. The van der Waals surface area contributed by atoms with Crippen molar-refractivity contribution in [1.82, 2.24) is 0 Å². The zero-order valence-electron chi connectivity index (χ0n) is 12.4. The second-order valence-electron chi connectivity index (χ2n) is 5.52. The average Bonchev–Trinajstić information content (AvgIpc) is 2.47. The molecular formula is C15H23N3O3. The molecule has 1 fully saturated rings. The summed E-state index contributed by atoms with van der Waals surface area (Å²) in [6.07, 6.45) is 5.14. The van der Waals surface area contributed by atoms with Gasteiger partial charge in [0.2, 0.25) is 0 Å². The number of hydrogen-bond donors (Lipinski definition) is 2. The molecule has 2 unspecified atom stereocenters. The molecule has 1 aromatic carbocycles. The standard InChI is InChI=1S/C15H23N3O3/c1-2-7-21-13-9-11(8-12(10-13)18(19)20)17-15-6-4-3-5-14(15)16/h8-10,14-15,17H,2-7,16H2,1H3. The molecule has 0 heterocycles. The Morgan fingerprint density at radius 3 is 2.81 bits per heavy atom. The van der Waals surface area contributed by atoms with Crippen LogP contribution in [0.2, 0.25) is 0 Å². The number of anilines is 1. The largest absolute Gasteiger partial charge is 0.493 e. The number of non-ortho nitro benzene ring substituents is 1. The van der Waals surface area contributed by atoms with E-state index in [4.69, 9.17) is 10.5 Å². The van der Waals surface area contributed by atoms with Crippen molar-refractivity contribution in [3.05, 3.63) is 28.3 Å². The monoisotopic (exact) mass is 293 g/mol. The minimum Gasteiger partial charge on any atom is -0.493 e. The summed E-state index contributed by atoms with van der Waals surface area (Å²) in [6, 6.07) is 5.07. The molecule has 0 amide bonds. The minimum atomic E-state index is -0.398. The van der Waals surface area contributed by atoms with Crippen molar-refractivity contribution in [2.75, 3.05) is 11.9 Å². The van der Waals surface area contributed by atoms with E-state index in [9.17, 15) is 10.1 Å². The SMILES string of the molecule is CCCOc1cc(NC2CCCCC2N)cc([N+](=O)[O-])c1. The van der Waals surface area contributed by atoms with Crippen LogP contribution in [-0.2, 0) is 0 Å². The first kappa shape index (κ1) is 15.6. The molecule has 1 aliphatic carbocycles. The maximum atomic E-state index is 11.0. The number of hydrogen-bond acceptors (Lipinski definition) is 5. The first-order valence-electron chi connectivity index (χ1n) is 7.54. The van der Waals surface area contributed by atoms with Gasteiger partial charge in [0, 0.05) is 29.9 Å². The van der Waals surface area contributed by atoms with Crippen molar-refractivity contribution < 1.29 is 9.66 Å². The van der Waals surface area contributed by atoms with Crippen LogP contribution in [0.3, 0.4) is 0 Å². The Balaban J connectivity index is 2.16. The number of nitrogens with zero attached hydrogens (tertiary/aromatic N) is 1. The first-order chi connectivity index (χ1) is 10.1. The molecule has 21 heavy (non-hydrogen) atoms. The number of nitrogens with one attached hydrogen (secondary N) is 1. The fourth-order valence-corrected chi connectivity index (χ4v) is 2.63. The van der Waals surface area contributed by atoms with Crippen molar-refractivity contribution in [2.45, 2.75) is 51.1 Å². The Labute approximate surface area is 124 Å². The normalized spacial score (nSPS) is 21.8. The molecule has 6 heteroatoms. The zero-order valence-corrected chi connectivity index (χ0v) is 12.4. The van der Waals surface area contributed by atoms with E-state index < -0.39 is 4.92 Å². The molecule has 1 aromatic rings. The molecule has 1 aliphatic rings. The number of benzene rings is 1. The Hall–Kier alpha value is -1.82. The average molecular weight is 293 g/mol. The summed E-state index contributed by atoms with van der Waals surface area (Å²) < 4.78 is 5.53. The second kappa shape index (κ2) is 7.26. The van der Waals surface area contributed by atoms with Gasteiger partial charge in [-0.05, 0) is 19.3 Å². The summed E-state index contributed by atoms with van der Waals surface area (Å²) in [7, 11) is 0. The van der Waals surface area contributed by atoms with Crippen LogP contribution in [0.15, 0.2) is 18.2 Å². The van der Waals surface area contributed by atoms with Gasteiger partial charge < -0.3 is 15.8 Å². The van der Waals surface area contributed by atoms with Gasteiger partial charge in [-0.1, -0.05) is 19.8 Å². The highest BCUT2D eigenvalue weighted by Crippen LogP contribution is 2.28. The van der Waals surface area contributed by atoms with E-state index in [-0.39, 0.29) is 17.8 Å². The molecule has 1 saturated carbocycles. The van der Waals surface area contributed by atoms with E-state index in [1.165, 1.54) is 6.07 Å². The van der Waals surface area contributed by atoms with Crippen LogP contribution >= 0.6 is 0 Å². The molecule has 116 valence electrons. The van der Waals surface area contributed by atoms with Crippen molar-refractivity contribution in [3.8, 4) is 5.75 Å². The third kappa shape index (κ3) is 4.32. The number of ether oxygens (including phenoxy) is 1. The van der Waals surface area contributed by atoms with Crippen molar-refractivity contribution in [1.29, 1.82) is 0 Å². The quantitative estimate of drug-likeness (QED) is 0.621. The van der Waals surface area contributed by atoms with Gasteiger partial charge in [0.15, 0.2) is 0 Å². The maximum absolute atomic E-state index is 11.0. The summed E-state index contributed by atoms with van der Waals surface area (Å²) in [5.41, 5.74) is 6.86. The smallest absolute Gasteiger partial charge is 0.275 e. The number of nitro groups is 1. The van der Waals surface area contributed by atoms with Crippen LogP contribution in [0.25, 0.3) is 0 Å². The van der Waals surface area contributed by atoms with Gasteiger partial charge >= 0.3 is 0 Å². The summed E-state index contributed by atoms with van der Waals surface area (Å²) >= 11 is 0. The number of nitro benzene ring substituents is 1. The van der Waals surface area contributed by atoms with Crippen molar-refractivity contribution in [3.63, 3.8) is 0 Å². The highest BCUT2D eigenvalue weighted by Gasteiger charge is 2.22. The summed E-state index contributed by atoms with van der Waals surface area (Å²) in [6.45, 7) is 2.54. The molecule has 3 N–H and O–H groups in total. The molecular weight excluding hydrogens is 270 g/mol. The highest BCUT2D eigenvalue weighted by atomic mass is 16.6. The fourth-order valence-electron chi connectivity index (χ4n) is 2.63. The Kier molecular flexibility index (Phi) is 5.38. The Morgan fingerprint density at radius 1 is 1.38 bits per heavy atom. The number of rotatable bonds is 6. The molecule has 0 radical (unpaired) electrons. The molecule has 0 spiro atoms. The lowest BCUT2D eigenvalue weighted by atomic mass is 9.91. The van der Waals surface area contributed by atoms with Gasteiger partial charge in [0.05, 0.1) is 17.6 Å². The van der Waals surface area contributed by atoms with Gasteiger partial charge in [0.1, 0.15) is 5.75 Å². The molecule has 6 nitrogen and oxygen atoms in total. The van der Waals surface area contributed by atoms with Crippen LogP contribution in [0.5, 0.6) is 5.75 Å². The zero-order chi connectivity index (χ0) is 15.2. The predicted octanol–water partition coefficient (Wildman–Crippen LogP) is 3.07. The second-order valence-corrected chi connectivity index (χ2v) is 5.52. The van der Waals surface area contributed by atoms with Gasteiger partial charge in [-0.2, -0.15) is 0 Å². The third-order valence-electron chi connectivity index (χ3n) is 3.75. The summed E-state index contributed by atoms with van der Waals surface area (Å²) in [5, 5.41) is 14.4. The van der Waals surface area contributed by atoms with Gasteiger partial charge in [0.25, 0.3) is 5.69 Å². The van der Waals surface area contributed by atoms with Gasteiger partial charge in [-0.25, -0.2) is 0 Å². The van der Waals surface area contributed by atoms with E-state index in [1.807, 2.05) is 13.0 Å². The van der Waals surface area contributed by atoms with Crippen molar-refractivity contribution >= 4 is 11.4 Å². The molecule has 0 bridgehead atoms. The van der Waals surface area contributed by atoms with E-state index >= 15 is 0 Å². The van der Waals surface area contributed by atoms with E-state index in [2.05, 4.69) is 5.32 Å². The molecule has 0 saturated heterocycles. The molecule has 2 rings (SSSR count). The topological polar surface area (TPSA) is 90.4 Å². The fraction of sp³-hybridized carbons (Fsp3) is 0.600. The lowest BCUT2D eigenvalue weighted by Crippen LogP contribution is -2.42. The lowest BCUT2D eigenvalue weighted by Gasteiger charge is -2.30. The highest BCUT2D eigenvalue weighted by molar-refractivity contribution is 5.57. The first-order valence-corrected chi connectivity index (χ1v) is 7.54. The molecule has 0 aromatic heterocycles. The molecule has 2 atom stereocenters. The Morgan fingerprint density at radius 2 is 2.14 bits per heavy atom. The maximum Gasteiger partial charge on any atom is 0.275 e. The van der Waals surface area contributed by atoms with E-state index in [0.29, 0.717) is 18.0 Å². The molecule has 0 aliphatic heterocycles. The summed E-state index contributed by atoms with van der Waals surface area (Å²) in [4.78, 5) is 10.6.